The van der Waals surface area contributed by atoms with Crippen molar-refractivity contribution in [2.45, 2.75) is 18.6 Å². The lowest BCUT2D eigenvalue weighted by molar-refractivity contribution is -0.0224. The van der Waals surface area contributed by atoms with Crippen LogP contribution in [0.4, 0.5) is 0 Å². The van der Waals surface area contributed by atoms with Crippen LogP contribution in [-0.2, 0) is 11.2 Å². The summed E-state index contributed by atoms with van der Waals surface area (Å²) in [5, 5.41) is 10.9. The Morgan fingerprint density at radius 3 is 2.09 bits per heavy atom. The van der Waals surface area contributed by atoms with E-state index in [1.54, 1.807) is 0 Å². The van der Waals surface area contributed by atoms with Crippen LogP contribution in [0.15, 0.2) is 60.7 Å². The molecule has 1 N–H and O–H groups in total. The SMILES string of the molecule is Cl.OC(c1ccccc1)C(Cc1ccccc1)N1CCOCC1. The van der Waals surface area contributed by atoms with E-state index in [0.717, 1.165) is 38.3 Å². The van der Waals surface area contributed by atoms with Crippen LogP contribution in [-0.4, -0.2) is 42.4 Å². The zero-order valence-corrected chi connectivity index (χ0v) is 14.0. The summed E-state index contributed by atoms with van der Waals surface area (Å²) in [5.74, 6) is 0. The van der Waals surface area contributed by atoms with Gasteiger partial charge in [-0.15, -0.1) is 12.4 Å². The van der Waals surface area contributed by atoms with E-state index in [1.165, 1.54) is 5.56 Å². The molecule has 1 fully saturated rings. The fraction of sp³-hybridized carbons (Fsp3) is 0.368. The molecule has 0 saturated carbocycles. The Kier molecular flexibility index (Phi) is 7.06. The number of aliphatic hydroxyl groups is 1. The summed E-state index contributed by atoms with van der Waals surface area (Å²) in [6.45, 7) is 3.24. The van der Waals surface area contributed by atoms with Gasteiger partial charge in [-0.2, -0.15) is 0 Å². The second-order valence-electron chi connectivity index (χ2n) is 5.76. The van der Waals surface area contributed by atoms with E-state index in [4.69, 9.17) is 4.74 Å². The first-order valence-electron chi connectivity index (χ1n) is 7.93. The second kappa shape index (κ2) is 9.04. The first kappa shape index (κ1) is 18.0. The first-order chi connectivity index (χ1) is 10.8. The predicted octanol–water partition coefficient (Wildman–Crippen LogP) is 3.09. The van der Waals surface area contributed by atoms with Crippen LogP contribution in [0.1, 0.15) is 17.2 Å². The van der Waals surface area contributed by atoms with Gasteiger partial charge in [0.05, 0.1) is 19.3 Å². The summed E-state index contributed by atoms with van der Waals surface area (Å²) < 4.78 is 5.46. The number of benzene rings is 2. The highest BCUT2D eigenvalue weighted by molar-refractivity contribution is 5.85. The van der Waals surface area contributed by atoms with Crippen LogP contribution in [0.3, 0.4) is 0 Å². The molecule has 0 bridgehead atoms. The molecule has 2 unspecified atom stereocenters. The Hall–Kier alpha value is -1.39. The van der Waals surface area contributed by atoms with Gasteiger partial charge in [0, 0.05) is 19.1 Å². The second-order valence-corrected chi connectivity index (χ2v) is 5.76. The zero-order chi connectivity index (χ0) is 15.2. The molecule has 124 valence electrons. The van der Waals surface area contributed by atoms with Crippen molar-refractivity contribution in [1.29, 1.82) is 0 Å². The number of nitrogens with zero attached hydrogens (tertiary/aromatic N) is 1. The fourth-order valence-electron chi connectivity index (χ4n) is 3.08. The van der Waals surface area contributed by atoms with Crippen molar-refractivity contribution in [3.8, 4) is 0 Å². The van der Waals surface area contributed by atoms with Crippen LogP contribution in [0.25, 0.3) is 0 Å². The third kappa shape index (κ3) is 4.79. The number of hydrogen-bond acceptors (Lipinski definition) is 3. The van der Waals surface area contributed by atoms with Gasteiger partial charge in [0.2, 0.25) is 0 Å². The molecular formula is C19H24ClNO2. The molecule has 0 radical (unpaired) electrons. The van der Waals surface area contributed by atoms with Crippen molar-refractivity contribution in [3.05, 3.63) is 71.8 Å². The summed E-state index contributed by atoms with van der Waals surface area (Å²) in [4.78, 5) is 2.36. The smallest absolute Gasteiger partial charge is 0.0948 e. The Morgan fingerprint density at radius 2 is 1.48 bits per heavy atom. The maximum Gasteiger partial charge on any atom is 0.0948 e. The molecule has 2 aromatic rings. The minimum Gasteiger partial charge on any atom is -0.387 e. The van der Waals surface area contributed by atoms with E-state index in [2.05, 4.69) is 29.2 Å². The molecule has 1 saturated heterocycles. The van der Waals surface area contributed by atoms with E-state index in [9.17, 15) is 5.11 Å². The van der Waals surface area contributed by atoms with Gasteiger partial charge in [-0.1, -0.05) is 60.7 Å². The number of ether oxygens (including phenoxy) is 1. The van der Waals surface area contributed by atoms with Crippen LogP contribution >= 0.6 is 12.4 Å². The van der Waals surface area contributed by atoms with Crippen molar-refractivity contribution < 1.29 is 9.84 Å². The third-order valence-electron chi connectivity index (χ3n) is 4.31. The Bertz CT molecular complexity index is 558. The molecule has 2 aromatic carbocycles. The topological polar surface area (TPSA) is 32.7 Å². The number of rotatable bonds is 5. The van der Waals surface area contributed by atoms with Gasteiger partial charge in [-0.25, -0.2) is 0 Å². The van der Waals surface area contributed by atoms with Gasteiger partial charge in [0.15, 0.2) is 0 Å². The molecule has 0 aliphatic carbocycles. The lowest BCUT2D eigenvalue weighted by atomic mass is 9.94. The summed E-state index contributed by atoms with van der Waals surface area (Å²) in [6.07, 6.45) is 0.358. The summed E-state index contributed by atoms with van der Waals surface area (Å²) >= 11 is 0. The molecule has 0 spiro atoms. The van der Waals surface area contributed by atoms with Crippen molar-refractivity contribution in [1.82, 2.24) is 4.90 Å². The Morgan fingerprint density at radius 1 is 0.913 bits per heavy atom. The number of hydrogen-bond donors (Lipinski definition) is 1. The van der Waals surface area contributed by atoms with Crippen molar-refractivity contribution >= 4 is 12.4 Å². The summed E-state index contributed by atoms with van der Waals surface area (Å²) in [7, 11) is 0. The van der Waals surface area contributed by atoms with E-state index in [-0.39, 0.29) is 18.4 Å². The lowest BCUT2D eigenvalue weighted by Gasteiger charge is -2.37. The average molecular weight is 334 g/mol. The highest BCUT2D eigenvalue weighted by Gasteiger charge is 2.28. The number of halogens is 1. The normalized spacial score (nSPS) is 18.0. The van der Waals surface area contributed by atoms with Crippen LogP contribution < -0.4 is 0 Å². The minimum atomic E-state index is -0.487. The van der Waals surface area contributed by atoms with E-state index in [0.29, 0.717) is 0 Å². The monoisotopic (exact) mass is 333 g/mol. The molecule has 1 heterocycles. The molecular weight excluding hydrogens is 310 g/mol. The minimum absolute atomic E-state index is 0. The highest BCUT2D eigenvalue weighted by Crippen LogP contribution is 2.25. The van der Waals surface area contributed by atoms with Crippen LogP contribution in [0.5, 0.6) is 0 Å². The molecule has 23 heavy (non-hydrogen) atoms. The Labute approximate surface area is 144 Å². The van der Waals surface area contributed by atoms with Gasteiger partial charge in [-0.3, -0.25) is 4.90 Å². The highest BCUT2D eigenvalue weighted by atomic mass is 35.5. The largest absolute Gasteiger partial charge is 0.387 e. The Balaban J connectivity index is 0.00000192. The van der Waals surface area contributed by atoms with Gasteiger partial charge in [-0.05, 0) is 17.5 Å². The third-order valence-corrected chi connectivity index (χ3v) is 4.31. The summed E-state index contributed by atoms with van der Waals surface area (Å²) in [6, 6.07) is 20.4. The molecule has 0 aromatic heterocycles. The molecule has 1 aliphatic heterocycles. The van der Waals surface area contributed by atoms with Crippen molar-refractivity contribution in [3.63, 3.8) is 0 Å². The first-order valence-corrected chi connectivity index (χ1v) is 7.93. The van der Waals surface area contributed by atoms with Gasteiger partial charge in [0.1, 0.15) is 0 Å². The van der Waals surface area contributed by atoms with Crippen LogP contribution in [0.2, 0.25) is 0 Å². The maximum absolute atomic E-state index is 10.9. The maximum atomic E-state index is 10.9. The van der Waals surface area contributed by atoms with E-state index >= 15 is 0 Å². The molecule has 2 atom stereocenters. The van der Waals surface area contributed by atoms with Gasteiger partial charge < -0.3 is 9.84 Å². The van der Waals surface area contributed by atoms with Crippen LogP contribution in [0, 0.1) is 0 Å². The van der Waals surface area contributed by atoms with E-state index < -0.39 is 6.10 Å². The summed E-state index contributed by atoms with van der Waals surface area (Å²) in [5.41, 5.74) is 2.24. The fourth-order valence-corrected chi connectivity index (χ4v) is 3.08. The molecule has 1 aliphatic rings. The van der Waals surface area contributed by atoms with Crippen molar-refractivity contribution in [2.75, 3.05) is 26.3 Å². The predicted molar refractivity (Wildman–Crippen MR) is 95.0 cm³/mol. The standard InChI is InChI=1S/C19H23NO2.ClH/c21-19(17-9-5-2-6-10-17)18(20-11-13-22-14-12-20)15-16-7-3-1-4-8-16;/h1-10,18-19,21H,11-15H2;1H. The zero-order valence-electron chi connectivity index (χ0n) is 13.2. The molecule has 4 heteroatoms. The number of aliphatic hydroxyl groups excluding tert-OH is 1. The van der Waals surface area contributed by atoms with Crippen molar-refractivity contribution in [2.24, 2.45) is 0 Å². The molecule has 0 amide bonds. The quantitative estimate of drug-likeness (QED) is 0.912. The van der Waals surface area contributed by atoms with Gasteiger partial charge in [0.25, 0.3) is 0 Å². The molecule has 3 rings (SSSR count). The lowest BCUT2D eigenvalue weighted by Crippen LogP contribution is -2.47. The number of morpholine rings is 1. The van der Waals surface area contributed by atoms with E-state index in [1.807, 2.05) is 36.4 Å². The van der Waals surface area contributed by atoms with Gasteiger partial charge >= 0.3 is 0 Å². The average Bonchev–Trinajstić information content (AvgIpc) is 2.61. The molecule has 3 nitrogen and oxygen atoms in total.